The summed E-state index contributed by atoms with van der Waals surface area (Å²) in [5.41, 5.74) is 0. The molecule has 2 heteroatoms. The minimum Gasteiger partial charge on any atom is -0.393 e. The Hall–Kier alpha value is -0.370. The van der Waals surface area contributed by atoms with E-state index in [0.29, 0.717) is 5.78 Å². The molecule has 0 aliphatic heterocycles. The van der Waals surface area contributed by atoms with E-state index in [-0.39, 0.29) is 17.9 Å². The molecule has 0 atom stereocenters. The van der Waals surface area contributed by atoms with Gasteiger partial charge >= 0.3 is 0 Å². The van der Waals surface area contributed by atoms with Gasteiger partial charge in [0.25, 0.3) is 0 Å². The van der Waals surface area contributed by atoms with Crippen LogP contribution < -0.4 is 0 Å². The molecule has 0 heterocycles. The van der Waals surface area contributed by atoms with Crippen molar-refractivity contribution < 1.29 is 9.90 Å². The first-order valence-corrected chi connectivity index (χ1v) is 4.83. The van der Waals surface area contributed by atoms with Crippen LogP contribution in [0.5, 0.6) is 0 Å². The van der Waals surface area contributed by atoms with E-state index in [2.05, 4.69) is 0 Å². The smallest absolute Gasteiger partial charge is 0.138 e. The average molecular weight is 170 g/mol. The predicted molar refractivity (Wildman–Crippen MR) is 47.8 cm³/mol. The normalized spacial score (nSPS) is 30.7. The molecule has 2 nitrogen and oxygen atoms in total. The lowest BCUT2D eigenvalue weighted by molar-refractivity contribution is -0.127. The van der Waals surface area contributed by atoms with Gasteiger partial charge in [0.1, 0.15) is 5.78 Å². The molecule has 1 aliphatic rings. The first-order valence-electron chi connectivity index (χ1n) is 4.83. The van der Waals surface area contributed by atoms with Crippen LogP contribution >= 0.6 is 0 Å². The molecule has 1 rings (SSSR count). The maximum atomic E-state index is 11.5. The quantitative estimate of drug-likeness (QED) is 0.685. The fourth-order valence-electron chi connectivity index (χ4n) is 1.83. The van der Waals surface area contributed by atoms with E-state index < -0.39 is 0 Å². The second-order valence-electron chi connectivity index (χ2n) is 4.06. The Morgan fingerprint density at radius 1 is 1.25 bits per heavy atom. The van der Waals surface area contributed by atoms with Crippen molar-refractivity contribution in [1.82, 2.24) is 0 Å². The van der Waals surface area contributed by atoms with Gasteiger partial charge in [-0.2, -0.15) is 0 Å². The van der Waals surface area contributed by atoms with Gasteiger partial charge < -0.3 is 5.11 Å². The molecule has 1 fully saturated rings. The minimum atomic E-state index is -0.152. The summed E-state index contributed by atoms with van der Waals surface area (Å²) in [6.07, 6.45) is 3.24. The lowest BCUT2D eigenvalue weighted by Gasteiger charge is -2.25. The fourth-order valence-corrected chi connectivity index (χ4v) is 1.83. The molecular weight excluding hydrogens is 152 g/mol. The molecule has 0 unspecified atom stereocenters. The Kier molecular flexibility index (Phi) is 3.27. The lowest BCUT2D eigenvalue weighted by Crippen LogP contribution is -2.26. The summed E-state index contributed by atoms with van der Waals surface area (Å²) in [4.78, 5) is 11.5. The van der Waals surface area contributed by atoms with Gasteiger partial charge in [-0.3, -0.25) is 4.79 Å². The molecule has 0 amide bonds. The number of rotatable bonds is 2. The highest BCUT2D eigenvalue weighted by Crippen LogP contribution is 2.26. The Labute approximate surface area is 74.0 Å². The molecule has 1 saturated carbocycles. The van der Waals surface area contributed by atoms with Crippen LogP contribution in [-0.2, 0) is 4.79 Å². The van der Waals surface area contributed by atoms with Crippen LogP contribution in [0.15, 0.2) is 0 Å². The number of hydrogen-bond acceptors (Lipinski definition) is 2. The number of carbonyl (C=O) groups excluding carboxylic acids is 1. The highest BCUT2D eigenvalue weighted by molar-refractivity contribution is 5.82. The summed E-state index contributed by atoms with van der Waals surface area (Å²) >= 11 is 0. The summed E-state index contributed by atoms with van der Waals surface area (Å²) in [5, 5.41) is 9.24. The fraction of sp³-hybridized carbons (Fsp3) is 0.900. The molecular formula is C10H18O2. The first-order chi connectivity index (χ1) is 5.61. The van der Waals surface area contributed by atoms with Crippen LogP contribution in [0.3, 0.4) is 0 Å². The number of Topliss-reactive ketones (excluding diaryl/α,β-unsaturated/α-hetero) is 1. The van der Waals surface area contributed by atoms with Crippen molar-refractivity contribution in [3.05, 3.63) is 0 Å². The maximum Gasteiger partial charge on any atom is 0.138 e. The van der Waals surface area contributed by atoms with Gasteiger partial charge in [-0.15, -0.1) is 0 Å². The Balaban J connectivity index is 2.39. The molecule has 0 aromatic heterocycles. The summed E-state index contributed by atoms with van der Waals surface area (Å²) < 4.78 is 0. The van der Waals surface area contributed by atoms with Gasteiger partial charge in [0.2, 0.25) is 0 Å². The molecule has 1 aliphatic carbocycles. The van der Waals surface area contributed by atoms with Crippen LogP contribution in [0.25, 0.3) is 0 Å². The highest BCUT2D eigenvalue weighted by Gasteiger charge is 2.26. The van der Waals surface area contributed by atoms with Gasteiger partial charge in [0.05, 0.1) is 6.10 Å². The van der Waals surface area contributed by atoms with Crippen molar-refractivity contribution in [2.75, 3.05) is 0 Å². The van der Waals surface area contributed by atoms with Gasteiger partial charge in [0, 0.05) is 11.8 Å². The van der Waals surface area contributed by atoms with Crippen molar-refractivity contribution in [2.45, 2.75) is 45.6 Å². The zero-order valence-electron chi connectivity index (χ0n) is 7.92. The SMILES string of the molecule is CC(C)C(=O)[C@H]1CC[C@@H](O)CC1. The Morgan fingerprint density at radius 2 is 1.75 bits per heavy atom. The van der Waals surface area contributed by atoms with Crippen molar-refractivity contribution >= 4 is 5.78 Å². The Bertz CT molecular complexity index is 155. The van der Waals surface area contributed by atoms with E-state index >= 15 is 0 Å². The molecule has 70 valence electrons. The largest absolute Gasteiger partial charge is 0.393 e. The summed E-state index contributed by atoms with van der Waals surface area (Å²) in [7, 11) is 0. The molecule has 0 aromatic carbocycles. The van der Waals surface area contributed by atoms with Gasteiger partial charge in [-0.05, 0) is 25.7 Å². The molecule has 0 bridgehead atoms. The van der Waals surface area contributed by atoms with Crippen molar-refractivity contribution in [3.63, 3.8) is 0 Å². The second kappa shape index (κ2) is 4.04. The maximum absolute atomic E-state index is 11.5. The topological polar surface area (TPSA) is 37.3 Å². The molecule has 0 aromatic rings. The van der Waals surface area contributed by atoms with Crippen LogP contribution in [0.4, 0.5) is 0 Å². The standard InChI is InChI=1S/C10H18O2/c1-7(2)10(12)8-3-5-9(11)6-4-8/h7-9,11H,3-6H2,1-2H3/t8-,9+. The van der Waals surface area contributed by atoms with E-state index in [1.165, 1.54) is 0 Å². The zero-order valence-corrected chi connectivity index (χ0v) is 7.92. The number of ketones is 1. The van der Waals surface area contributed by atoms with E-state index in [0.717, 1.165) is 25.7 Å². The third kappa shape index (κ3) is 2.31. The molecule has 0 saturated heterocycles. The summed E-state index contributed by atoms with van der Waals surface area (Å²) in [6, 6.07) is 0. The molecule has 0 spiro atoms. The lowest BCUT2D eigenvalue weighted by atomic mass is 9.81. The third-order valence-corrected chi connectivity index (χ3v) is 2.67. The van der Waals surface area contributed by atoms with Gasteiger partial charge in [-0.25, -0.2) is 0 Å². The zero-order chi connectivity index (χ0) is 9.14. The number of aliphatic hydroxyl groups excluding tert-OH is 1. The van der Waals surface area contributed by atoms with Crippen LogP contribution in [0, 0.1) is 11.8 Å². The third-order valence-electron chi connectivity index (χ3n) is 2.67. The van der Waals surface area contributed by atoms with E-state index in [4.69, 9.17) is 0 Å². The van der Waals surface area contributed by atoms with E-state index in [9.17, 15) is 9.90 Å². The van der Waals surface area contributed by atoms with Crippen molar-refractivity contribution in [2.24, 2.45) is 11.8 Å². The Morgan fingerprint density at radius 3 is 2.17 bits per heavy atom. The van der Waals surface area contributed by atoms with Crippen LogP contribution in [0.2, 0.25) is 0 Å². The molecule has 0 radical (unpaired) electrons. The molecule has 1 N–H and O–H groups in total. The van der Waals surface area contributed by atoms with Crippen molar-refractivity contribution in [1.29, 1.82) is 0 Å². The second-order valence-corrected chi connectivity index (χ2v) is 4.06. The first kappa shape index (κ1) is 9.72. The van der Waals surface area contributed by atoms with Gasteiger partial charge in [-0.1, -0.05) is 13.8 Å². The number of hydrogen-bond donors (Lipinski definition) is 1. The van der Waals surface area contributed by atoms with Crippen LogP contribution in [-0.4, -0.2) is 17.0 Å². The highest BCUT2D eigenvalue weighted by atomic mass is 16.3. The number of carbonyl (C=O) groups is 1. The number of aliphatic hydroxyl groups is 1. The minimum absolute atomic E-state index is 0.152. The summed E-state index contributed by atoms with van der Waals surface area (Å²) in [6.45, 7) is 3.90. The van der Waals surface area contributed by atoms with Gasteiger partial charge in [0.15, 0.2) is 0 Å². The summed E-state index contributed by atoms with van der Waals surface area (Å²) in [5.74, 6) is 0.764. The van der Waals surface area contributed by atoms with Crippen molar-refractivity contribution in [3.8, 4) is 0 Å². The van der Waals surface area contributed by atoms with Crippen LogP contribution in [0.1, 0.15) is 39.5 Å². The van der Waals surface area contributed by atoms with E-state index in [1.807, 2.05) is 13.8 Å². The molecule has 12 heavy (non-hydrogen) atoms. The predicted octanol–water partition coefficient (Wildman–Crippen LogP) is 1.76. The monoisotopic (exact) mass is 170 g/mol. The van der Waals surface area contributed by atoms with E-state index in [1.54, 1.807) is 0 Å². The average Bonchev–Trinajstić information content (AvgIpc) is 2.04.